The molecule has 2 aromatic heterocycles. The van der Waals surface area contributed by atoms with E-state index >= 15 is 0 Å². The highest BCUT2D eigenvalue weighted by atomic mass is 16.3. The van der Waals surface area contributed by atoms with Crippen molar-refractivity contribution in [1.82, 2.24) is 20.2 Å². The number of benzene rings is 1. The van der Waals surface area contributed by atoms with Crippen molar-refractivity contribution in [3.63, 3.8) is 0 Å². The minimum atomic E-state index is -0.361. The molecule has 0 radical (unpaired) electrons. The first-order chi connectivity index (χ1) is 13.1. The molecule has 0 unspecified atom stereocenters. The van der Waals surface area contributed by atoms with E-state index in [1.165, 1.54) is 0 Å². The quantitative estimate of drug-likeness (QED) is 0.750. The van der Waals surface area contributed by atoms with Crippen LogP contribution in [-0.4, -0.2) is 33.2 Å². The Balaban J connectivity index is 1.35. The first-order valence-electron chi connectivity index (χ1n) is 8.89. The Kier molecular flexibility index (Phi) is 4.58. The topological polar surface area (TPSA) is 88.3 Å². The number of hydrogen-bond acceptors (Lipinski definition) is 5. The second-order valence-electron chi connectivity index (χ2n) is 6.78. The molecule has 0 saturated carbocycles. The Morgan fingerprint density at radius 1 is 1.33 bits per heavy atom. The van der Waals surface area contributed by atoms with Gasteiger partial charge in [-0.2, -0.15) is 0 Å². The third-order valence-corrected chi connectivity index (χ3v) is 4.76. The normalized spacial score (nSPS) is 16.9. The van der Waals surface area contributed by atoms with Crippen molar-refractivity contribution in [3.8, 4) is 0 Å². The van der Waals surface area contributed by atoms with Gasteiger partial charge < -0.3 is 14.6 Å². The van der Waals surface area contributed by atoms with Crippen molar-refractivity contribution in [3.05, 3.63) is 59.7 Å². The lowest BCUT2D eigenvalue weighted by atomic mass is 10.1. The van der Waals surface area contributed by atoms with Crippen LogP contribution in [0.15, 0.2) is 47.1 Å². The molecule has 3 aromatic rings. The predicted molar refractivity (Wildman–Crippen MR) is 98.4 cm³/mol. The van der Waals surface area contributed by atoms with Crippen molar-refractivity contribution >= 4 is 22.9 Å². The fourth-order valence-electron chi connectivity index (χ4n) is 3.33. The first kappa shape index (κ1) is 17.2. The monoisotopic (exact) mass is 364 g/mol. The largest absolute Gasteiger partial charge is 0.439 e. The zero-order valence-corrected chi connectivity index (χ0v) is 15.0. The number of carbonyl (C=O) groups excluding carboxylic acids is 2. The molecule has 138 valence electrons. The van der Waals surface area contributed by atoms with Crippen LogP contribution in [0.1, 0.15) is 23.4 Å². The molecule has 1 N–H and O–H groups in total. The van der Waals surface area contributed by atoms with Gasteiger partial charge in [-0.25, -0.2) is 4.98 Å². The van der Waals surface area contributed by atoms with Crippen molar-refractivity contribution in [2.45, 2.75) is 26.4 Å². The van der Waals surface area contributed by atoms with E-state index in [9.17, 15) is 9.59 Å². The molecule has 3 heterocycles. The van der Waals surface area contributed by atoms with Gasteiger partial charge in [0, 0.05) is 31.9 Å². The maximum atomic E-state index is 12.5. The lowest BCUT2D eigenvalue weighted by molar-refractivity contribution is -0.129. The molecule has 2 amide bonds. The number of aromatic nitrogens is 2. The van der Waals surface area contributed by atoms with E-state index in [0.29, 0.717) is 24.6 Å². The van der Waals surface area contributed by atoms with Crippen molar-refractivity contribution in [2.75, 3.05) is 6.54 Å². The van der Waals surface area contributed by atoms with Crippen LogP contribution in [0.2, 0.25) is 0 Å². The van der Waals surface area contributed by atoms with E-state index in [1.807, 2.05) is 37.3 Å². The Hall–Kier alpha value is -3.22. The maximum absolute atomic E-state index is 12.5. The summed E-state index contributed by atoms with van der Waals surface area (Å²) < 4.78 is 5.67. The molecule has 7 nitrogen and oxygen atoms in total. The summed E-state index contributed by atoms with van der Waals surface area (Å²) in [6.07, 6.45) is 3.65. The van der Waals surface area contributed by atoms with Gasteiger partial charge in [0.05, 0.1) is 12.5 Å². The molecular formula is C20H20N4O3. The number of pyridine rings is 1. The molecule has 1 atom stereocenters. The van der Waals surface area contributed by atoms with Crippen molar-refractivity contribution in [1.29, 1.82) is 0 Å². The lowest BCUT2D eigenvalue weighted by Gasteiger charge is -2.16. The Morgan fingerprint density at radius 3 is 3.00 bits per heavy atom. The number of fused-ring (bicyclic) bond motifs is 1. The molecular weight excluding hydrogens is 344 g/mol. The Labute approximate surface area is 156 Å². The fraction of sp³-hybridized carbons (Fsp3) is 0.300. The average Bonchev–Trinajstić information content (AvgIpc) is 3.25. The number of nitrogens with one attached hydrogen (secondary N) is 1. The van der Waals surface area contributed by atoms with Gasteiger partial charge in [-0.05, 0) is 30.2 Å². The third-order valence-electron chi connectivity index (χ3n) is 4.76. The number of nitrogens with zero attached hydrogens (tertiary/aromatic N) is 3. The van der Waals surface area contributed by atoms with Crippen LogP contribution < -0.4 is 5.32 Å². The van der Waals surface area contributed by atoms with Crippen LogP contribution in [0.4, 0.5) is 0 Å². The molecule has 0 aliphatic carbocycles. The van der Waals surface area contributed by atoms with Crippen LogP contribution in [0.5, 0.6) is 0 Å². The summed E-state index contributed by atoms with van der Waals surface area (Å²) in [4.78, 5) is 34.9. The van der Waals surface area contributed by atoms with Gasteiger partial charge >= 0.3 is 0 Å². The fourth-order valence-corrected chi connectivity index (χ4v) is 3.33. The van der Waals surface area contributed by atoms with Crippen LogP contribution in [0, 0.1) is 12.8 Å². The van der Waals surface area contributed by atoms with E-state index in [-0.39, 0.29) is 30.7 Å². The van der Waals surface area contributed by atoms with Gasteiger partial charge in [0.25, 0.3) is 0 Å². The predicted octanol–water partition coefficient (Wildman–Crippen LogP) is 2.20. The van der Waals surface area contributed by atoms with Gasteiger partial charge in [0.2, 0.25) is 17.7 Å². The summed E-state index contributed by atoms with van der Waals surface area (Å²) in [7, 11) is 0. The van der Waals surface area contributed by atoms with Crippen LogP contribution in [0.3, 0.4) is 0 Å². The van der Waals surface area contributed by atoms with E-state index < -0.39 is 0 Å². The molecule has 27 heavy (non-hydrogen) atoms. The molecule has 1 aliphatic rings. The van der Waals surface area contributed by atoms with Gasteiger partial charge in [0.15, 0.2) is 5.58 Å². The number of hydrogen-bond donors (Lipinski definition) is 1. The molecule has 1 fully saturated rings. The summed E-state index contributed by atoms with van der Waals surface area (Å²) in [5, 5.41) is 2.84. The second-order valence-corrected chi connectivity index (χ2v) is 6.78. The van der Waals surface area contributed by atoms with Crippen LogP contribution in [0.25, 0.3) is 11.1 Å². The number of aryl methyl sites for hydroxylation is 1. The second kappa shape index (κ2) is 7.19. The lowest BCUT2D eigenvalue weighted by Crippen LogP contribution is -2.32. The minimum absolute atomic E-state index is 0.0171. The van der Waals surface area contributed by atoms with Gasteiger partial charge in [-0.3, -0.25) is 14.6 Å². The standard InChI is InChI=1S/C20H20N4O3/c1-13-4-2-6-16-19(13)23-17(27-16)10-22-20(26)15-8-18(25)24(12-15)11-14-5-3-7-21-9-14/h2-7,9,15H,8,10-12H2,1H3,(H,22,26)/t15-/m1/s1. The minimum Gasteiger partial charge on any atom is -0.439 e. The van der Waals surface area contributed by atoms with E-state index in [2.05, 4.69) is 15.3 Å². The summed E-state index contributed by atoms with van der Waals surface area (Å²) >= 11 is 0. The summed E-state index contributed by atoms with van der Waals surface area (Å²) in [5.41, 5.74) is 3.49. The highest BCUT2D eigenvalue weighted by Crippen LogP contribution is 2.21. The molecule has 0 bridgehead atoms. The Bertz CT molecular complexity index is 983. The zero-order valence-electron chi connectivity index (χ0n) is 15.0. The van der Waals surface area contributed by atoms with E-state index in [0.717, 1.165) is 16.6 Å². The molecule has 7 heteroatoms. The van der Waals surface area contributed by atoms with Gasteiger partial charge in [0.1, 0.15) is 5.52 Å². The van der Waals surface area contributed by atoms with Gasteiger partial charge in [-0.1, -0.05) is 18.2 Å². The summed E-state index contributed by atoms with van der Waals surface area (Å²) in [6, 6.07) is 9.48. The Morgan fingerprint density at radius 2 is 2.22 bits per heavy atom. The van der Waals surface area contributed by atoms with E-state index in [1.54, 1.807) is 17.3 Å². The summed E-state index contributed by atoms with van der Waals surface area (Å²) in [6.45, 7) is 3.06. The molecule has 4 rings (SSSR count). The summed E-state index contributed by atoms with van der Waals surface area (Å²) in [5.74, 6) is -0.0722. The maximum Gasteiger partial charge on any atom is 0.225 e. The van der Waals surface area contributed by atoms with Crippen molar-refractivity contribution < 1.29 is 14.0 Å². The zero-order chi connectivity index (χ0) is 18.8. The third kappa shape index (κ3) is 3.67. The highest BCUT2D eigenvalue weighted by molar-refractivity contribution is 5.89. The number of amides is 2. The SMILES string of the molecule is Cc1cccc2oc(CNC(=O)[C@@H]3CC(=O)N(Cc4cccnc4)C3)nc12. The van der Waals surface area contributed by atoms with E-state index in [4.69, 9.17) is 4.42 Å². The first-order valence-corrected chi connectivity index (χ1v) is 8.89. The molecule has 1 saturated heterocycles. The molecule has 1 aromatic carbocycles. The smallest absolute Gasteiger partial charge is 0.225 e. The van der Waals surface area contributed by atoms with Crippen molar-refractivity contribution in [2.24, 2.45) is 5.92 Å². The average molecular weight is 364 g/mol. The number of rotatable bonds is 5. The number of para-hydroxylation sites is 1. The highest BCUT2D eigenvalue weighted by Gasteiger charge is 2.34. The van der Waals surface area contributed by atoms with Crippen LogP contribution >= 0.6 is 0 Å². The molecule has 1 aliphatic heterocycles. The number of likely N-dealkylation sites (tertiary alicyclic amines) is 1. The number of carbonyl (C=O) groups is 2. The molecule has 0 spiro atoms. The van der Waals surface area contributed by atoms with Crippen LogP contribution in [-0.2, 0) is 22.7 Å². The van der Waals surface area contributed by atoms with Gasteiger partial charge in [-0.15, -0.1) is 0 Å². The number of oxazole rings is 1.